The van der Waals surface area contributed by atoms with Crippen LogP contribution in [0.2, 0.25) is 0 Å². The number of carbonyl (C=O) groups is 1. The fourth-order valence-electron chi connectivity index (χ4n) is 3.72. The van der Waals surface area contributed by atoms with Crippen LogP contribution in [0.15, 0.2) is 41.4 Å². The van der Waals surface area contributed by atoms with Crippen LogP contribution >= 0.6 is 0 Å². The van der Waals surface area contributed by atoms with Crippen molar-refractivity contribution in [1.82, 2.24) is 0 Å². The molecule has 3 rings (SSSR count). The molecule has 1 aliphatic heterocycles. The second kappa shape index (κ2) is 7.06. The minimum atomic E-state index is -0.942. The monoisotopic (exact) mass is 366 g/mol. The maximum Gasteiger partial charge on any atom is 0.335 e. The predicted octanol–water partition coefficient (Wildman–Crippen LogP) is 4.87. The highest BCUT2D eigenvalue weighted by Crippen LogP contribution is 2.44. The molecule has 27 heavy (non-hydrogen) atoms. The summed E-state index contributed by atoms with van der Waals surface area (Å²) in [5, 5.41) is 8.99. The first kappa shape index (κ1) is 19.0. The van der Waals surface area contributed by atoms with Crippen molar-refractivity contribution in [2.75, 3.05) is 19.1 Å². The van der Waals surface area contributed by atoms with Crippen LogP contribution in [-0.2, 0) is 0 Å². The van der Waals surface area contributed by atoms with Gasteiger partial charge in [-0.15, -0.1) is 0 Å². The van der Waals surface area contributed by atoms with Gasteiger partial charge in [0.15, 0.2) is 0 Å². The van der Waals surface area contributed by atoms with Crippen molar-refractivity contribution in [1.29, 1.82) is 0 Å². The first-order valence-electron chi connectivity index (χ1n) is 9.06. The minimum absolute atomic E-state index is 0.0962. The molecule has 0 saturated carbocycles. The Labute approximate surface area is 160 Å². The zero-order valence-electron chi connectivity index (χ0n) is 16.5. The van der Waals surface area contributed by atoms with Gasteiger partial charge in [-0.05, 0) is 62.1 Å². The number of hydrogen-bond acceptors (Lipinski definition) is 4. The van der Waals surface area contributed by atoms with Crippen LogP contribution in [0.4, 0.5) is 11.4 Å². The van der Waals surface area contributed by atoms with Gasteiger partial charge in [0.05, 0.1) is 18.4 Å². The van der Waals surface area contributed by atoms with Crippen molar-refractivity contribution in [3.63, 3.8) is 0 Å². The van der Waals surface area contributed by atoms with Gasteiger partial charge in [0.2, 0.25) is 0 Å². The van der Waals surface area contributed by atoms with E-state index in [4.69, 9.17) is 9.84 Å². The summed E-state index contributed by atoms with van der Waals surface area (Å²) in [5.41, 5.74) is 4.45. The lowest BCUT2D eigenvalue weighted by Gasteiger charge is -2.45. The van der Waals surface area contributed by atoms with Gasteiger partial charge < -0.3 is 14.7 Å². The van der Waals surface area contributed by atoms with Crippen molar-refractivity contribution < 1.29 is 14.6 Å². The second-order valence-electron chi connectivity index (χ2n) is 7.74. The van der Waals surface area contributed by atoms with Crippen molar-refractivity contribution in [3.05, 3.63) is 53.1 Å². The van der Waals surface area contributed by atoms with E-state index in [1.165, 1.54) is 11.3 Å². The van der Waals surface area contributed by atoms with E-state index in [1.807, 2.05) is 0 Å². The molecule has 1 heterocycles. The highest BCUT2D eigenvalue weighted by atomic mass is 16.5. The number of carboxylic acid groups (broad SMARTS) is 1. The lowest BCUT2D eigenvalue weighted by molar-refractivity contribution is 0.0697. The van der Waals surface area contributed by atoms with E-state index in [1.54, 1.807) is 37.6 Å². The molecule has 0 radical (unpaired) electrons. The maximum atomic E-state index is 11.0. The van der Waals surface area contributed by atoms with Gasteiger partial charge in [-0.25, -0.2) is 4.79 Å². The highest BCUT2D eigenvalue weighted by Gasteiger charge is 2.34. The van der Waals surface area contributed by atoms with Gasteiger partial charge in [0.25, 0.3) is 0 Å². The van der Waals surface area contributed by atoms with Crippen LogP contribution in [0.5, 0.6) is 5.75 Å². The number of aliphatic imine (C=N–C) groups is 1. The number of nitrogens with zero attached hydrogens (tertiary/aromatic N) is 2. The highest BCUT2D eigenvalue weighted by molar-refractivity contribution is 5.89. The van der Waals surface area contributed by atoms with E-state index in [0.717, 1.165) is 17.7 Å². The molecule has 0 aliphatic carbocycles. The molecule has 1 aliphatic rings. The summed E-state index contributed by atoms with van der Waals surface area (Å²) >= 11 is 0. The zero-order valence-corrected chi connectivity index (χ0v) is 16.5. The molecule has 0 aromatic heterocycles. The van der Waals surface area contributed by atoms with Crippen molar-refractivity contribution >= 4 is 23.6 Å². The topological polar surface area (TPSA) is 62.1 Å². The number of aromatic carboxylic acids is 1. The Morgan fingerprint density at radius 3 is 2.56 bits per heavy atom. The number of hydrogen-bond donors (Lipinski definition) is 1. The molecule has 5 heteroatoms. The molecule has 0 spiro atoms. The largest absolute Gasteiger partial charge is 0.496 e. The summed E-state index contributed by atoms with van der Waals surface area (Å²) in [6.45, 7) is 6.77. The third-order valence-corrected chi connectivity index (χ3v) is 5.45. The number of ether oxygens (including phenoxy) is 1. The first-order valence-corrected chi connectivity index (χ1v) is 9.06. The Kier molecular flexibility index (Phi) is 4.96. The van der Waals surface area contributed by atoms with Crippen molar-refractivity contribution in [2.45, 2.75) is 38.6 Å². The van der Waals surface area contributed by atoms with E-state index >= 15 is 0 Å². The first-order chi connectivity index (χ1) is 12.7. The maximum absolute atomic E-state index is 11.0. The van der Waals surface area contributed by atoms with Crippen LogP contribution in [0.25, 0.3) is 0 Å². The van der Waals surface area contributed by atoms with E-state index in [0.29, 0.717) is 11.6 Å². The second-order valence-corrected chi connectivity index (χ2v) is 7.74. The van der Waals surface area contributed by atoms with Gasteiger partial charge in [-0.2, -0.15) is 0 Å². The summed E-state index contributed by atoms with van der Waals surface area (Å²) in [4.78, 5) is 17.8. The average Bonchev–Trinajstić information content (AvgIpc) is 2.64. The summed E-state index contributed by atoms with van der Waals surface area (Å²) in [5.74, 6) is 0.276. The quantitative estimate of drug-likeness (QED) is 0.785. The molecule has 0 amide bonds. The number of methoxy groups -OCH3 is 1. The molecule has 0 bridgehead atoms. The summed E-state index contributed by atoms with van der Waals surface area (Å²) < 4.78 is 5.61. The lowest BCUT2D eigenvalue weighted by Crippen LogP contribution is -2.45. The van der Waals surface area contributed by atoms with Crippen LogP contribution in [-0.4, -0.2) is 37.0 Å². The average molecular weight is 366 g/mol. The fraction of sp³-hybridized carbons (Fsp3) is 0.364. The SMILES string of the molecule is COc1cc2c(cc1C=Nc1ccc(C(=O)O)cc1)C(C)CC(C)(C)N2C. The minimum Gasteiger partial charge on any atom is -0.496 e. The molecular formula is C22H26N2O3. The number of benzene rings is 2. The van der Waals surface area contributed by atoms with Gasteiger partial charge in [-0.1, -0.05) is 6.92 Å². The molecule has 1 unspecified atom stereocenters. The number of rotatable bonds is 4. The molecule has 0 saturated heterocycles. The van der Waals surface area contributed by atoms with Crippen LogP contribution in [0.1, 0.15) is 54.6 Å². The van der Waals surface area contributed by atoms with Gasteiger partial charge in [0.1, 0.15) is 5.75 Å². The van der Waals surface area contributed by atoms with Gasteiger partial charge >= 0.3 is 5.97 Å². The molecular weight excluding hydrogens is 340 g/mol. The van der Waals surface area contributed by atoms with E-state index in [2.05, 4.69) is 49.8 Å². The molecule has 0 fully saturated rings. The molecule has 1 atom stereocenters. The Balaban J connectivity index is 1.97. The van der Waals surface area contributed by atoms with E-state index in [-0.39, 0.29) is 11.1 Å². The number of carboxylic acids is 1. The van der Waals surface area contributed by atoms with Gasteiger partial charge in [-0.3, -0.25) is 4.99 Å². The number of anilines is 1. The van der Waals surface area contributed by atoms with Crippen molar-refractivity contribution in [3.8, 4) is 5.75 Å². The summed E-state index contributed by atoms with van der Waals surface area (Å²) in [7, 11) is 3.79. The molecule has 2 aromatic rings. The summed E-state index contributed by atoms with van der Waals surface area (Å²) in [6.07, 6.45) is 2.86. The smallest absolute Gasteiger partial charge is 0.335 e. The third kappa shape index (κ3) is 3.68. The fourth-order valence-corrected chi connectivity index (χ4v) is 3.72. The van der Waals surface area contributed by atoms with Crippen molar-refractivity contribution in [2.24, 2.45) is 4.99 Å². The predicted molar refractivity (Wildman–Crippen MR) is 109 cm³/mol. The third-order valence-electron chi connectivity index (χ3n) is 5.45. The Bertz CT molecular complexity index is 885. The van der Waals surface area contributed by atoms with E-state index in [9.17, 15) is 4.79 Å². The normalized spacial score (nSPS) is 18.4. The molecule has 142 valence electrons. The Morgan fingerprint density at radius 1 is 1.30 bits per heavy atom. The Morgan fingerprint density at radius 2 is 1.96 bits per heavy atom. The molecule has 2 aromatic carbocycles. The molecule has 5 nitrogen and oxygen atoms in total. The standard InChI is InChI=1S/C22H26N2O3/c1-14-12-22(2,3)24(4)19-11-20(27-5)16(10-18(14)19)13-23-17-8-6-15(7-9-17)21(25)26/h6-11,13-14H,12H2,1-5H3,(H,25,26). The Hall–Kier alpha value is -2.82. The number of fused-ring (bicyclic) bond motifs is 1. The van der Waals surface area contributed by atoms with Crippen LogP contribution < -0.4 is 9.64 Å². The lowest BCUT2D eigenvalue weighted by atomic mass is 9.80. The van der Waals surface area contributed by atoms with Crippen LogP contribution in [0, 0.1) is 0 Å². The van der Waals surface area contributed by atoms with Crippen LogP contribution in [0.3, 0.4) is 0 Å². The molecule has 1 N–H and O–H groups in total. The van der Waals surface area contributed by atoms with Gasteiger partial charge in [0, 0.05) is 36.1 Å². The van der Waals surface area contributed by atoms with E-state index < -0.39 is 5.97 Å². The zero-order chi connectivity index (χ0) is 19.8. The summed E-state index contributed by atoms with van der Waals surface area (Å²) in [6, 6.07) is 10.7.